The summed E-state index contributed by atoms with van der Waals surface area (Å²) in [6, 6.07) is 7.05. The Labute approximate surface area is 129 Å². The van der Waals surface area contributed by atoms with E-state index in [9.17, 15) is 4.79 Å². The van der Waals surface area contributed by atoms with Crippen molar-refractivity contribution in [2.45, 2.75) is 12.8 Å². The van der Waals surface area contributed by atoms with Crippen LogP contribution >= 0.6 is 0 Å². The van der Waals surface area contributed by atoms with E-state index >= 15 is 0 Å². The molecule has 0 atom stereocenters. The van der Waals surface area contributed by atoms with Crippen LogP contribution in [0.3, 0.4) is 0 Å². The van der Waals surface area contributed by atoms with Gasteiger partial charge >= 0.3 is 0 Å². The van der Waals surface area contributed by atoms with Crippen molar-refractivity contribution in [2.24, 2.45) is 0 Å². The molecule has 0 spiro atoms. The van der Waals surface area contributed by atoms with Gasteiger partial charge in [-0.1, -0.05) is 5.16 Å². The number of aryl methyl sites for hydroxylation is 1. The van der Waals surface area contributed by atoms with Crippen molar-refractivity contribution in [3.8, 4) is 5.75 Å². The Hall–Kier alpha value is -2.34. The smallest absolute Gasteiger partial charge is 0.251 e. The van der Waals surface area contributed by atoms with Gasteiger partial charge in [0.25, 0.3) is 5.91 Å². The maximum atomic E-state index is 12.0. The molecule has 0 aliphatic heterocycles. The lowest BCUT2D eigenvalue weighted by Crippen LogP contribution is -2.24. The lowest BCUT2D eigenvalue weighted by molar-refractivity contribution is 0.0953. The Bertz CT molecular complexity index is 552. The Morgan fingerprint density at radius 1 is 1.27 bits per heavy atom. The van der Waals surface area contributed by atoms with E-state index in [4.69, 9.17) is 14.0 Å². The first-order valence-electron chi connectivity index (χ1n) is 7.18. The third-order valence-corrected chi connectivity index (χ3v) is 3.08. The Kier molecular flexibility index (Phi) is 6.44. The van der Waals surface area contributed by atoms with E-state index in [-0.39, 0.29) is 5.91 Å². The molecule has 0 saturated carbocycles. The molecule has 6 nitrogen and oxygen atoms in total. The van der Waals surface area contributed by atoms with E-state index in [0.717, 1.165) is 24.2 Å². The van der Waals surface area contributed by atoms with Gasteiger partial charge in [0.2, 0.25) is 0 Å². The molecular weight excluding hydrogens is 284 g/mol. The maximum absolute atomic E-state index is 12.0. The molecule has 1 aromatic heterocycles. The Morgan fingerprint density at radius 3 is 2.77 bits per heavy atom. The second kappa shape index (κ2) is 8.84. The highest BCUT2D eigenvalue weighted by molar-refractivity contribution is 5.94. The first-order valence-corrected chi connectivity index (χ1v) is 7.18. The van der Waals surface area contributed by atoms with Crippen LogP contribution in [0.15, 0.2) is 41.2 Å². The Morgan fingerprint density at radius 2 is 2.09 bits per heavy atom. The van der Waals surface area contributed by atoms with Gasteiger partial charge in [0.05, 0.1) is 12.8 Å². The van der Waals surface area contributed by atoms with Gasteiger partial charge in [0.1, 0.15) is 18.6 Å². The van der Waals surface area contributed by atoms with Crippen LogP contribution < -0.4 is 10.1 Å². The predicted octanol–water partition coefficient (Wildman–Crippen LogP) is 2.06. The van der Waals surface area contributed by atoms with Gasteiger partial charge in [0.15, 0.2) is 0 Å². The van der Waals surface area contributed by atoms with Gasteiger partial charge in [-0.25, -0.2) is 0 Å². The summed E-state index contributed by atoms with van der Waals surface area (Å²) < 4.78 is 15.1. The molecule has 0 saturated heterocycles. The maximum Gasteiger partial charge on any atom is 0.251 e. The molecule has 2 aromatic rings. The summed E-state index contributed by atoms with van der Waals surface area (Å²) in [7, 11) is 1.62. The largest absolute Gasteiger partial charge is 0.491 e. The number of nitrogens with zero attached hydrogens (tertiary/aromatic N) is 1. The SMILES string of the molecule is COCCOc1ccc(C(=O)NCCCc2cnoc2)cc1. The van der Waals surface area contributed by atoms with Crippen molar-refractivity contribution in [1.82, 2.24) is 10.5 Å². The average molecular weight is 304 g/mol. The minimum atomic E-state index is -0.0891. The molecule has 0 aliphatic rings. The zero-order valence-corrected chi connectivity index (χ0v) is 12.6. The standard InChI is InChI=1S/C16H20N2O4/c1-20-9-10-21-15-6-4-14(5-7-15)16(19)17-8-2-3-13-11-18-22-12-13/h4-7,11-12H,2-3,8-10H2,1H3,(H,17,19). The van der Waals surface area contributed by atoms with E-state index in [1.165, 1.54) is 0 Å². The number of ether oxygens (including phenoxy) is 2. The van der Waals surface area contributed by atoms with Crippen molar-refractivity contribution in [1.29, 1.82) is 0 Å². The van der Waals surface area contributed by atoms with Crippen molar-refractivity contribution in [3.05, 3.63) is 47.9 Å². The lowest BCUT2D eigenvalue weighted by Gasteiger charge is -2.07. The quantitative estimate of drug-likeness (QED) is 0.718. The van der Waals surface area contributed by atoms with Crippen LogP contribution in [0, 0.1) is 0 Å². The number of rotatable bonds is 9. The molecule has 22 heavy (non-hydrogen) atoms. The second-order valence-corrected chi connectivity index (χ2v) is 4.76. The van der Waals surface area contributed by atoms with E-state index in [0.29, 0.717) is 25.3 Å². The van der Waals surface area contributed by atoms with Gasteiger partial charge < -0.3 is 19.3 Å². The highest BCUT2D eigenvalue weighted by Crippen LogP contribution is 2.12. The van der Waals surface area contributed by atoms with Crippen molar-refractivity contribution >= 4 is 5.91 Å². The number of aromatic nitrogens is 1. The third-order valence-electron chi connectivity index (χ3n) is 3.08. The summed E-state index contributed by atoms with van der Waals surface area (Å²) in [5, 5.41) is 6.52. The zero-order valence-electron chi connectivity index (χ0n) is 12.6. The minimum absolute atomic E-state index is 0.0891. The van der Waals surface area contributed by atoms with E-state index < -0.39 is 0 Å². The van der Waals surface area contributed by atoms with Crippen LogP contribution in [-0.4, -0.2) is 37.9 Å². The fourth-order valence-electron chi connectivity index (χ4n) is 1.89. The molecule has 0 bridgehead atoms. The third kappa shape index (κ3) is 5.21. The van der Waals surface area contributed by atoms with Crippen molar-refractivity contribution in [3.63, 3.8) is 0 Å². The van der Waals surface area contributed by atoms with E-state index in [2.05, 4.69) is 10.5 Å². The molecule has 0 radical (unpaired) electrons. The number of amides is 1. The second-order valence-electron chi connectivity index (χ2n) is 4.76. The van der Waals surface area contributed by atoms with Crippen molar-refractivity contribution in [2.75, 3.05) is 26.9 Å². The van der Waals surface area contributed by atoms with Crippen LogP contribution in [0.5, 0.6) is 5.75 Å². The van der Waals surface area contributed by atoms with Gasteiger partial charge in [0, 0.05) is 24.8 Å². The van der Waals surface area contributed by atoms with E-state index in [1.54, 1.807) is 43.8 Å². The zero-order chi connectivity index (χ0) is 15.6. The molecule has 1 heterocycles. The number of carbonyl (C=O) groups excluding carboxylic acids is 1. The molecule has 1 amide bonds. The monoisotopic (exact) mass is 304 g/mol. The van der Waals surface area contributed by atoms with Gasteiger partial charge in [-0.2, -0.15) is 0 Å². The number of carbonyl (C=O) groups is 1. The highest BCUT2D eigenvalue weighted by atomic mass is 16.5. The van der Waals surface area contributed by atoms with Crippen LogP contribution in [-0.2, 0) is 11.2 Å². The number of benzene rings is 1. The van der Waals surface area contributed by atoms with Gasteiger partial charge in [-0.05, 0) is 37.1 Å². The molecule has 1 aromatic carbocycles. The minimum Gasteiger partial charge on any atom is -0.491 e. The molecule has 118 valence electrons. The van der Waals surface area contributed by atoms with Crippen LogP contribution in [0.1, 0.15) is 22.3 Å². The summed E-state index contributed by atoms with van der Waals surface area (Å²) in [6.07, 6.45) is 4.97. The molecule has 1 N–H and O–H groups in total. The fraction of sp³-hybridized carbons (Fsp3) is 0.375. The van der Waals surface area contributed by atoms with Crippen molar-refractivity contribution < 1.29 is 18.8 Å². The van der Waals surface area contributed by atoms with Gasteiger partial charge in [-0.15, -0.1) is 0 Å². The van der Waals surface area contributed by atoms with Crippen LogP contribution in [0.4, 0.5) is 0 Å². The lowest BCUT2D eigenvalue weighted by atomic mass is 10.2. The number of nitrogens with one attached hydrogen (secondary N) is 1. The molecular formula is C16H20N2O4. The molecule has 0 unspecified atom stereocenters. The number of hydrogen-bond donors (Lipinski definition) is 1. The summed E-state index contributed by atoms with van der Waals surface area (Å²) in [5.74, 6) is 0.634. The molecule has 0 fully saturated rings. The summed E-state index contributed by atoms with van der Waals surface area (Å²) >= 11 is 0. The summed E-state index contributed by atoms with van der Waals surface area (Å²) in [4.78, 5) is 12.0. The first kappa shape index (κ1) is 16.0. The predicted molar refractivity (Wildman–Crippen MR) is 81.0 cm³/mol. The molecule has 0 aliphatic carbocycles. The molecule has 2 rings (SSSR count). The molecule has 6 heteroatoms. The average Bonchev–Trinajstić information content (AvgIpc) is 3.06. The number of methoxy groups -OCH3 is 1. The van der Waals surface area contributed by atoms with Crippen LogP contribution in [0.2, 0.25) is 0 Å². The van der Waals surface area contributed by atoms with E-state index in [1.807, 2.05) is 0 Å². The summed E-state index contributed by atoms with van der Waals surface area (Å²) in [6.45, 7) is 1.63. The first-order chi connectivity index (χ1) is 10.8. The normalized spacial score (nSPS) is 10.4. The summed E-state index contributed by atoms with van der Waals surface area (Å²) in [5.41, 5.74) is 1.65. The topological polar surface area (TPSA) is 73.6 Å². The number of hydrogen-bond acceptors (Lipinski definition) is 5. The highest BCUT2D eigenvalue weighted by Gasteiger charge is 2.05. The van der Waals surface area contributed by atoms with Gasteiger partial charge in [-0.3, -0.25) is 4.79 Å². The Balaban J connectivity index is 1.70. The fourth-order valence-corrected chi connectivity index (χ4v) is 1.89. The van der Waals surface area contributed by atoms with Crippen LogP contribution in [0.25, 0.3) is 0 Å².